The van der Waals surface area contributed by atoms with Gasteiger partial charge < -0.3 is 10.6 Å². The first-order chi connectivity index (χ1) is 15.1. The van der Waals surface area contributed by atoms with Crippen LogP contribution in [0.5, 0.6) is 0 Å². The van der Waals surface area contributed by atoms with Gasteiger partial charge in [0.25, 0.3) is 0 Å². The molecule has 2 aromatic heterocycles. The van der Waals surface area contributed by atoms with E-state index in [1.54, 1.807) is 12.4 Å². The number of benzene rings is 2. The second-order valence-corrected chi connectivity index (χ2v) is 7.53. The highest BCUT2D eigenvalue weighted by Gasteiger charge is 2.17. The number of urea groups is 1. The van der Waals surface area contributed by atoms with Gasteiger partial charge in [0.05, 0.1) is 22.9 Å². The summed E-state index contributed by atoms with van der Waals surface area (Å²) in [5.74, 6) is 0. The van der Waals surface area contributed by atoms with Crippen LogP contribution in [0.2, 0.25) is 0 Å². The zero-order chi connectivity index (χ0) is 21.8. The van der Waals surface area contributed by atoms with Gasteiger partial charge in [0, 0.05) is 23.5 Å². The minimum atomic E-state index is -0.246. The topological polar surface area (TPSA) is 71.8 Å². The van der Waals surface area contributed by atoms with Crippen LogP contribution >= 0.6 is 0 Å². The fourth-order valence-corrected chi connectivity index (χ4v) is 3.93. The van der Waals surface area contributed by atoms with Crippen molar-refractivity contribution in [2.75, 3.05) is 5.32 Å². The van der Waals surface area contributed by atoms with Gasteiger partial charge >= 0.3 is 6.03 Å². The van der Waals surface area contributed by atoms with Crippen LogP contribution in [0.1, 0.15) is 43.6 Å². The van der Waals surface area contributed by atoms with Crippen LogP contribution in [-0.2, 0) is 12.8 Å². The molecule has 4 rings (SSSR count). The first-order valence-electron chi connectivity index (χ1n) is 10.7. The molecule has 0 fully saturated rings. The molecule has 2 amide bonds. The highest BCUT2D eigenvalue weighted by molar-refractivity contribution is 5.95. The van der Waals surface area contributed by atoms with Crippen LogP contribution < -0.4 is 10.6 Å². The molecular formula is C25H27N5O. The lowest BCUT2D eigenvalue weighted by atomic mass is 10.0. The number of aromatic nitrogens is 3. The Morgan fingerprint density at radius 1 is 1.03 bits per heavy atom. The normalized spacial score (nSPS) is 12.0. The second kappa shape index (κ2) is 9.00. The van der Waals surface area contributed by atoms with Crippen molar-refractivity contribution in [3.05, 3.63) is 83.8 Å². The summed E-state index contributed by atoms with van der Waals surface area (Å²) in [7, 11) is 0. The van der Waals surface area contributed by atoms with E-state index in [-0.39, 0.29) is 12.1 Å². The van der Waals surface area contributed by atoms with Crippen LogP contribution in [0.15, 0.2) is 67.0 Å². The number of nitrogens with one attached hydrogen (secondary N) is 2. The van der Waals surface area contributed by atoms with Crippen molar-refractivity contribution in [3.8, 4) is 5.69 Å². The molecule has 2 N–H and O–H groups in total. The molecule has 6 heteroatoms. The quantitative estimate of drug-likeness (QED) is 0.443. The molecule has 158 valence electrons. The maximum Gasteiger partial charge on any atom is 0.319 e. The predicted octanol–water partition coefficient (Wildman–Crippen LogP) is 5.43. The third kappa shape index (κ3) is 4.28. The van der Waals surface area contributed by atoms with E-state index in [1.165, 1.54) is 16.6 Å². The molecule has 0 aliphatic carbocycles. The average Bonchev–Trinajstić information content (AvgIpc) is 3.18. The number of pyridine rings is 1. The fraction of sp³-hybridized carbons (Fsp3) is 0.240. The number of fused-ring (bicyclic) bond motifs is 1. The van der Waals surface area contributed by atoms with Gasteiger partial charge in [-0.2, -0.15) is 5.10 Å². The molecule has 6 nitrogen and oxygen atoms in total. The summed E-state index contributed by atoms with van der Waals surface area (Å²) in [6.45, 7) is 6.23. The third-order valence-corrected chi connectivity index (χ3v) is 5.48. The summed E-state index contributed by atoms with van der Waals surface area (Å²) in [5.41, 5.74) is 6.02. The largest absolute Gasteiger partial charge is 0.331 e. The lowest BCUT2D eigenvalue weighted by Gasteiger charge is -2.15. The standard InChI is InChI=1S/C25H27N5O/c1-4-18-15-20(28-25(31)27-17(3)19-11-13-26-14-12-19)16-22-24(18)23(5-2)30(29-22)21-9-7-6-8-10-21/h6-17H,4-5H2,1-3H3,(H2,27,28,31). The van der Waals surface area contributed by atoms with Crippen LogP contribution in [0.4, 0.5) is 10.5 Å². The zero-order valence-electron chi connectivity index (χ0n) is 18.1. The van der Waals surface area contributed by atoms with E-state index in [0.29, 0.717) is 0 Å². The van der Waals surface area contributed by atoms with Gasteiger partial charge in [0.15, 0.2) is 0 Å². The predicted molar refractivity (Wildman–Crippen MR) is 125 cm³/mol. The second-order valence-electron chi connectivity index (χ2n) is 7.53. The Labute approximate surface area is 182 Å². The van der Waals surface area contributed by atoms with E-state index in [2.05, 4.69) is 47.7 Å². The van der Waals surface area contributed by atoms with E-state index in [0.717, 1.165) is 35.3 Å². The number of carbonyl (C=O) groups excluding carboxylic acids is 1. The minimum Gasteiger partial charge on any atom is -0.331 e. The van der Waals surface area contributed by atoms with Crippen LogP contribution in [-0.4, -0.2) is 20.8 Å². The molecule has 1 unspecified atom stereocenters. The molecule has 0 saturated carbocycles. The molecule has 0 saturated heterocycles. The Morgan fingerprint density at radius 2 is 1.77 bits per heavy atom. The lowest BCUT2D eigenvalue weighted by Crippen LogP contribution is -2.31. The van der Waals surface area contributed by atoms with E-state index in [4.69, 9.17) is 5.10 Å². The zero-order valence-corrected chi connectivity index (χ0v) is 18.1. The average molecular weight is 414 g/mol. The van der Waals surface area contributed by atoms with Gasteiger partial charge in [-0.3, -0.25) is 4.98 Å². The van der Waals surface area contributed by atoms with Gasteiger partial charge in [-0.25, -0.2) is 9.48 Å². The Hall–Kier alpha value is -3.67. The molecular weight excluding hydrogens is 386 g/mol. The molecule has 2 aromatic carbocycles. The van der Waals surface area contributed by atoms with Crippen molar-refractivity contribution in [3.63, 3.8) is 0 Å². The summed E-state index contributed by atoms with van der Waals surface area (Å²) in [4.78, 5) is 16.6. The monoisotopic (exact) mass is 413 g/mol. The minimum absolute atomic E-state index is 0.124. The van der Waals surface area contributed by atoms with Gasteiger partial charge in [-0.1, -0.05) is 32.0 Å². The summed E-state index contributed by atoms with van der Waals surface area (Å²) in [5, 5.41) is 12.0. The van der Waals surface area contributed by atoms with Crippen LogP contribution in [0.25, 0.3) is 16.6 Å². The van der Waals surface area contributed by atoms with Crippen molar-refractivity contribution in [1.29, 1.82) is 0 Å². The molecule has 31 heavy (non-hydrogen) atoms. The summed E-state index contributed by atoms with van der Waals surface area (Å²) in [6.07, 6.45) is 5.17. The van der Waals surface area contributed by atoms with Crippen LogP contribution in [0.3, 0.4) is 0 Å². The lowest BCUT2D eigenvalue weighted by molar-refractivity contribution is 0.249. The molecule has 0 radical (unpaired) electrons. The van der Waals surface area contributed by atoms with E-state index < -0.39 is 0 Å². The summed E-state index contributed by atoms with van der Waals surface area (Å²) in [6, 6.07) is 17.6. The molecule has 2 heterocycles. The number of carbonyl (C=O) groups is 1. The maximum absolute atomic E-state index is 12.6. The smallest absolute Gasteiger partial charge is 0.319 e. The summed E-state index contributed by atoms with van der Waals surface area (Å²) >= 11 is 0. The third-order valence-electron chi connectivity index (χ3n) is 5.48. The number of rotatable bonds is 6. The number of hydrogen-bond donors (Lipinski definition) is 2. The van der Waals surface area contributed by atoms with Gasteiger partial charge in [-0.15, -0.1) is 0 Å². The fourth-order valence-electron chi connectivity index (χ4n) is 3.93. The number of nitrogens with zero attached hydrogens (tertiary/aromatic N) is 3. The van der Waals surface area contributed by atoms with Crippen molar-refractivity contribution in [2.24, 2.45) is 0 Å². The van der Waals surface area contributed by atoms with Gasteiger partial charge in [-0.05, 0) is 67.3 Å². The van der Waals surface area contributed by atoms with Crippen LogP contribution in [0, 0.1) is 0 Å². The molecule has 1 atom stereocenters. The first kappa shape index (κ1) is 20.6. The first-order valence-corrected chi connectivity index (χ1v) is 10.7. The Kier molecular flexibility index (Phi) is 5.98. The molecule has 4 aromatic rings. The molecule has 0 spiro atoms. The SMILES string of the molecule is CCc1cc(NC(=O)NC(C)c2ccncc2)cc2nn(-c3ccccc3)c(CC)c12. The van der Waals surface area contributed by atoms with Crippen molar-refractivity contribution < 1.29 is 4.79 Å². The van der Waals surface area contributed by atoms with Gasteiger partial charge in [0.1, 0.15) is 0 Å². The molecule has 0 aliphatic rings. The number of hydrogen-bond acceptors (Lipinski definition) is 3. The number of para-hydroxylation sites is 1. The highest BCUT2D eigenvalue weighted by Crippen LogP contribution is 2.29. The van der Waals surface area contributed by atoms with E-state index in [1.807, 2.05) is 48.0 Å². The molecule has 0 bridgehead atoms. The summed E-state index contributed by atoms with van der Waals surface area (Å²) < 4.78 is 2.01. The van der Waals surface area contributed by atoms with E-state index in [9.17, 15) is 4.79 Å². The Balaban J connectivity index is 1.64. The van der Waals surface area contributed by atoms with Crippen molar-refractivity contribution in [1.82, 2.24) is 20.1 Å². The van der Waals surface area contributed by atoms with Gasteiger partial charge in [0.2, 0.25) is 0 Å². The van der Waals surface area contributed by atoms with Crippen molar-refractivity contribution >= 4 is 22.6 Å². The molecule has 0 aliphatic heterocycles. The number of anilines is 1. The highest BCUT2D eigenvalue weighted by atomic mass is 16.2. The Bertz CT molecular complexity index is 1180. The number of aryl methyl sites for hydroxylation is 2. The number of amides is 2. The Morgan fingerprint density at radius 3 is 2.45 bits per heavy atom. The van der Waals surface area contributed by atoms with Crippen molar-refractivity contribution in [2.45, 2.75) is 39.7 Å². The maximum atomic E-state index is 12.6. The van der Waals surface area contributed by atoms with E-state index >= 15 is 0 Å².